The Balaban J connectivity index is 1.55. The summed E-state index contributed by atoms with van der Waals surface area (Å²) in [5.41, 5.74) is 11.9. The van der Waals surface area contributed by atoms with Crippen molar-refractivity contribution in [2.24, 2.45) is 5.73 Å². The highest BCUT2D eigenvalue weighted by Gasteiger charge is 2.29. The first kappa shape index (κ1) is 19.6. The molecule has 0 saturated heterocycles. The molecule has 0 aromatic heterocycles. The van der Waals surface area contributed by atoms with Crippen molar-refractivity contribution in [3.05, 3.63) is 101 Å². The third kappa shape index (κ3) is 3.90. The van der Waals surface area contributed by atoms with Gasteiger partial charge in [-0.05, 0) is 66.0 Å². The number of unbranched alkanes of at least 4 members (excludes halogenated alkanes) is 1. The van der Waals surface area contributed by atoms with Crippen LogP contribution in [0.2, 0.25) is 0 Å². The average molecular weight is 396 g/mol. The van der Waals surface area contributed by atoms with Crippen LogP contribution in [0.25, 0.3) is 11.1 Å². The lowest BCUT2D eigenvalue weighted by molar-refractivity contribution is -0.114. The number of ketones is 2. The highest BCUT2D eigenvalue weighted by molar-refractivity contribution is 6.23. The summed E-state index contributed by atoms with van der Waals surface area (Å²) in [6, 6.07) is 16.7. The van der Waals surface area contributed by atoms with Crippen molar-refractivity contribution in [2.75, 3.05) is 5.32 Å². The highest BCUT2D eigenvalue weighted by Crippen LogP contribution is 2.30. The molecule has 30 heavy (non-hydrogen) atoms. The minimum Gasteiger partial charge on any atom is -0.398 e. The molecule has 2 aliphatic carbocycles. The molecule has 0 heterocycles. The van der Waals surface area contributed by atoms with E-state index in [2.05, 4.69) is 36.5 Å². The molecule has 2 aromatic carbocycles. The van der Waals surface area contributed by atoms with Crippen LogP contribution in [0.5, 0.6) is 0 Å². The van der Waals surface area contributed by atoms with E-state index in [0.29, 0.717) is 17.0 Å². The Morgan fingerprint density at radius 1 is 0.767 bits per heavy atom. The van der Waals surface area contributed by atoms with Gasteiger partial charge in [0.15, 0.2) is 11.6 Å². The number of carbonyl (C=O) groups excluding carboxylic acids is 2. The van der Waals surface area contributed by atoms with Gasteiger partial charge >= 0.3 is 0 Å². The molecule has 4 heteroatoms. The Hall–Kier alpha value is -3.66. The maximum absolute atomic E-state index is 12.4. The van der Waals surface area contributed by atoms with Crippen LogP contribution in [0.15, 0.2) is 95.4 Å². The van der Waals surface area contributed by atoms with Crippen molar-refractivity contribution in [3.63, 3.8) is 0 Å². The molecule has 150 valence electrons. The van der Waals surface area contributed by atoms with Gasteiger partial charge in [-0.3, -0.25) is 9.59 Å². The minimum atomic E-state index is -0.247. The highest BCUT2D eigenvalue weighted by atomic mass is 16.1. The number of aryl methyl sites for hydroxylation is 1. The molecule has 4 rings (SSSR count). The van der Waals surface area contributed by atoms with E-state index in [4.69, 9.17) is 5.73 Å². The summed E-state index contributed by atoms with van der Waals surface area (Å²) in [7, 11) is 0. The third-order valence-electron chi connectivity index (χ3n) is 5.39. The van der Waals surface area contributed by atoms with Gasteiger partial charge in [0.05, 0.1) is 16.8 Å². The lowest BCUT2D eigenvalue weighted by Gasteiger charge is -2.21. The Bertz CT molecular complexity index is 1110. The van der Waals surface area contributed by atoms with Gasteiger partial charge in [0, 0.05) is 11.4 Å². The number of allylic oxidation sites excluding steroid dienone is 6. The molecule has 0 amide bonds. The summed E-state index contributed by atoms with van der Waals surface area (Å²) in [4.78, 5) is 24.6. The number of carbonyl (C=O) groups is 2. The van der Waals surface area contributed by atoms with Crippen molar-refractivity contribution in [1.29, 1.82) is 0 Å². The molecule has 0 fully saturated rings. The fraction of sp³-hybridized carbons (Fsp3) is 0.154. The Labute approximate surface area is 176 Å². The van der Waals surface area contributed by atoms with E-state index in [9.17, 15) is 9.59 Å². The number of fused-ring (bicyclic) bond motifs is 1. The molecule has 0 unspecified atom stereocenters. The molecule has 2 aliphatic rings. The molecule has 0 spiro atoms. The van der Waals surface area contributed by atoms with Gasteiger partial charge in [-0.1, -0.05) is 49.7 Å². The van der Waals surface area contributed by atoms with E-state index in [0.717, 1.165) is 23.2 Å². The van der Waals surface area contributed by atoms with Crippen molar-refractivity contribution < 1.29 is 9.59 Å². The Morgan fingerprint density at radius 2 is 1.37 bits per heavy atom. The normalized spacial score (nSPS) is 15.6. The SMILES string of the molecule is CCCCc1ccc(-c2ccc(NC3=C4C(=O)C=CC(N)=C4C(=O)C=C3)cc2)cc1. The zero-order valence-corrected chi connectivity index (χ0v) is 16.9. The third-order valence-corrected chi connectivity index (χ3v) is 5.39. The van der Waals surface area contributed by atoms with Gasteiger partial charge < -0.3 is 11.1 Å². The van der Waals surface area contributed by atoms with E-state index in [1.165, 1.54) is 36.6 Å². The Kier molecular flexibility index (Phi) is 5.48. The molecule has 0 saturated carbocycles. The summed E-state index contributed by atoms with van der Waals surface area (Å²) in [5, 5.41) is 3.26. The fourth-order valence-electron chi connectivity index (χ4n) is 3.71. The lowest BCUT2D eigenvalue weighted by atomic mass is 9.86. The first-order chi connectivity index (χ1) is 14.6. The number of rotatable bonds is 6. The summed E-state index contributed by atoms with van der Waals surface area (Å²) in [5.74, 6) is -0.470. The lowest BCUT2D eigenvalue weighted by Crippen LogP contribution is -2.24. The van der Waals surface area contributed by atoms with Crippen LogP contribution >= 0.6 is 0 Å². The number of nitrogens with one attached hydrogen (secondary N) is 1. The van der Waals surface area contributed by atoms with Crippen LogP contribution in [0, 0.1) is 0 Å². The topological polar surface area (TPSA) is 72.2 Å². The second kappa shape index (κ2) is 8.37. The van der Waals surface area contributed by atoms with Crippen LogP contribution in [0.3, 0.4) is 0 Å². The van der Waals surface area contributed by atoms with Crippen molar-refractivity contribution in [2.45, 2.75) is 26.2 Å². The summed E-state index contributed by atoms with van der Waals surface area (Å²) in [6.07, 6.45) is 9.47. The maximum Gasteiger partial charge on any atom is 0.188 e. The number of hydrogen-bond acceptors (Lipinski definition) is 4. The van der Waals surface area contributed by atoms with Gasteiger partial charge in [0.25, 0.3) is 0 Å². The van der Waals surface area contributed by atoms with Gasteiger partial charge in [0.1, 0.15) is 0 Å². The van der Waals surface area contributed by atoms with Crippen LogP contribution in [-0.2, 0) is 16.0 Å². The minimum absolute atomic E-state index is 0.223. The first-order valence-electron chi connectivity index (χ1n) is 10.2. The number of anilines is 1. The first-order valence-corrected chi connectivity index (χ1v) is 10.2. The molecular formula is C26H24N2O2. The van der Waals surface area contributed by atoms with E-state index in [1.54, 1.807) is 6.08 Å². The summed E-state index contributed by atoms with van der Waals surface area (Å²) < 4.78 is 0. The van der Waals surface area contributed by atoms with E-state index < -0.39 is 0 Å². The standard InChI is InChI=1S/C26H24N2O2/c1-2-3-4-17-5-7-18(8-6-17)19-9-11-20(12-10-19)28-22-14-16-23(29)25-21(27)13-15-24(30)26(22)25/h5-16,28H,2-4,27H2,1H3. The molecule has 4 nitrogen and oxygen atoms in total. The van der Waals surface area contributed by atoms with Crippen LogP contribution in [0.1, 0.15) is 25.3 Å². The zero-order chi connectivity index (χ0) is 21.1. The quantitative estimate of drug-likeness (QED) is 0.732. The summed E-state index contributed by atoms with van der Waals surface area (Å²) in [6.45, 7) is 2.20. The predicted molar refractivity (Wildman–Crippen MR) is 121 cm³/mol. The maximum atomic E-state index is 12.4. The molecular weight excluding hydrogens is 372 g/mol. The van der Waals surface area contributed by atoms with Crippen LogP contribution in [-0.4, -0.2) is 11.6 Å². The van der Waals surface area contributed by atoms with Crippen molar-refractivity contribution >= 4 is 17.3 Å². The van der Waals surface area contributed by atoms with Crippen molar-refractivity contribution in [3.8, 4) is 11.1 Å². The largest absolute Gasteiger partial charge is 0.398 e. The molecule has 0 aliphatic heterocycles. The smallest absolute Gasteiger partial charge is 0.188 e. The van der Waals surface area contributed by atoms with E-state index >= 15 is 0 Å². The number of hydrogen-bond donors (Lipinski definition) is 2. The second-order valence-electron chi connectivity index (χ2n) is 7.52. The second-order valence-corrected chi connectivity index (χ2v) is 7.52. The van der Waals surface area contributed by atoms with Gasteiger partial charge in [-0.2, -0.15) is 0 Å². The van der Waals surface area contributed by atoms with E-state index in [1.807, 2.05) is 24.3 Å². The molecule has 3 N–H and O–H groups in total. The zero-order valence-electron chi connectivity index (χ0n) is 16.9. The average Bonchev–Trinajstić information content (AvgIpc) is 2.77. The fourth-order valence-corrected chi connectivity index (χ4v) is 3.71. The molecule has 0 atom stereocenters. The number of nitrogens with two attached hydrogens (primary N) is 1. The van der Waals surface area contributed by atoms with Gasteiger partial charge in [0.2, 0.25) is 0 Å². The van der Waals surface area contributed by atoms with Gasteiger partial charge in [-0.15, -0.1) is 0 Å². The van der Waals surface area contributed by atoms with Gasteiger partial charge in [-0.25, -0.2) is 0 Å². The monoisotopic (exact) mass is 396 g/mol. The predicted octanol–water partition coefficient (Wildman–Crippen LogP) is 4.85. The molecule has 2 aromatic rings. The molecule has 0 radical (unpaired) electrons. The van der Waals surface area contributed by atoms with Crippen LogP contribution in [0.4, 0.5) is 5.69 Å². The van der Waals surface area contributed by atoms with Crippen LogP contribution < -0.4 is 11.1 Å². The van der Waals surface area contributed by atoms with Crippen molar-refractivity contribution in [1.82, 2.24) is 0 Å². The van der Waals surface area contributed by atoms with E-state index in [-0.39, 0.29) is 17.1 Å². The Morgan fingerprint density at radius 3 is 2.03 bits per heavy atom. The summed E-state index contributed by atoms with van der Waals surface area (Å²) >= 11 is 0. The molecule has 0 bridgehead atoms. The number of benzene rings is 2.